The Bertz CT molecular complexity index is 1250. The summed E-state index contributed by atoms with van der Waals surface area (Å²) in [6.45, 7) is 3.53. The number of nitrogens with one attached hydrogen (secondary N) is 1. The number of H-pyrrole nitrogens is 1. The maximum absolute atomic E-state index is 14.9. The molecule has 158 valence electrons. The number of hydrogen-bond acceptors (Lipinski definition) is 3. The average molecular weight is 418 g/mol. The van der Waals surface area contributed by atoms with Gasteiger partial charge in [-0.2, -0.15) is 0 Å². The first-order valence-corrected chi connectivity index (χ1v) is 10.3. The van der Waals surface area contributed by atoms with Gasteiger partial charge in [-0.25, -0.2) is 9.37 Å². The number of aromatic nitrogens is 3. The maximum Gasteiger partial charge on any atom is 0.256 e. The molecule has 0 bridgehead atoms. The predicted molar refractivity (Wildman–Crippen MR) is 115 cm³/mol. The Balaban J connectivity index is 1.47. The first-order valence-electron chi connectivity index (χ1n) is 10.3. The van der Waals surface area contributed by atoms with Crippen molar-refractivity contribution in [3.8, 4) is 0 Å². The lowest BCUT2D eigenvalue weighted by atomic mass is 10.0. The highest BCUT2D eigenvalue weighted by atomic mass is 19.1. The second kappa shape index (κ2) is 8.00. The van der Waals surface area contributed by atoms with E-state index in [4.69, 9.17) is 4.74 Å². The molecule has 0 saturated heterocycles. The summed E-state index contributed by atoms with van der Waals surface area (Å²) < 4.78 is 22.6. The van der Waals surface area contributed by atoms with Gasteiger partial charge in [-0.15, -0.1) is 0 Å². The first kappa shape index (κ1) is 19.5. The number of fused-ring (bicyclic) bond motifs is 3. The van der Waals surface area contributed by atoms with Crippen LogP contribution in [0.5, 0.6) is 0 Å². The zero-order valence-electron chi connectivity index (χ0n) is 17.3. The second-order valence-corrected chi connectivity index (χ2v) is 7.80. The fraction of sp³-hybridized carbons (Fsp3) is 0.250. The smallest absolute Gasteiger partial charge is 0.256 e. The Hall–Kier alpha value is -3.45. The number of hydrogen-bond donors (Lipinski definition) is 1. The van der Waals surface area contributed by atoms with E-state index >= 15 is 0 Å². The second-order valence-electron chi connectivity index (χ2n) is 7.80. The predicted octanol–water partition coefficient (Wildman–Crippen LogP) is 4.18. The van der Waals surface area contributed by atoms with E-state index < -0.39 is 0 Å². The molecule has 2 aromatic carbocycles. The number of aryl methyl sites for hydroxylation is 1. The molecule has 0 fully saturated rings. The van der Waals surface area contributed by atoms with Crippen molar-refractivity contribution in [1.82, 2.24) is 19.4 Å². The van der Waals surface area contributed by atoms with E-state index in [1.165, 1.54) is 6.07 Å². The highest BCUT2D eigenvalue weighted by Crippen LogP contribution is 2.33. The summed E-state index contributed by atoms with van der Waals surface area (Å²) in [5, 5.41) is 0.631. The lowest BCUT2D eigenvalue weighted by molar-refractivity contribution is 0.0616. The number of carbonyl (C=O) groups excluding carboxylic acids is 1. The maximum atomic E-state index is 14.9. The van der Waals surface area contributed by atoms with Gasteiger partial charge in [0.05, 0.1) is 36.3 Å². The third-order valence-corrected chi connectivity index (χ3v) is 5.87. The van der Waals surface area contributed by atoms with Crippen LogP contribution in [0.1, 0.15) is 33.0 Å². The molecular weight excluding hydrogens is 395 g/mol. The van der Waals surface area contributed by atoms with Gasteiger partial charge in [0.25, 0.3) is 5.91 Å². The number of nitrogens with zero attached hydrogens (tertiary/aromatic N) is 3. The monoisotopic (exact) mass is 418 g/mol. The van der Waals surface area contributed by atoms with Crippen molar-refractivity contribution in [2.45, 2.75) is 33.2 Å². The molecule has 3 heterocycles. The number of benzene rings is 2. The largest absolute Gasteiger partial charge is 0.356 e. The number of amides is 1. The number of imidazole rings is 1. The van der Waals surface area contributed by atoms with Crippen molar-refractivity contribution in [1.29, 1.82) is 0 Å². The van der Waals surface area contributed by atoms with Crippen molar-refractivity contribution < 1.29 is 13.9 Å². The van der Waals surface area contributed by atoms with Crippen LogP contribution in [0.4, 0.5) is 4.39 Å². The lowest BCUT2D eigenvalue weighted by Crippen LogP contribution is -2.37. The van der Waals surface area contributed by atoms with Crippen LogP contribution in [0.3, 0.4) is 0 Å². The Morgan fingerprint density at radius 2 is 2.00 bits per heavy atom. The Morgan fingerprint density at radius 3 is 2.77 bits per heavy atom. The third kappa shape index (κ3) is 3.51. The molecule has 0 radical (unpaired) electrons. The SMILES string of the molecule is Cc1[nH]cnc1CN1CCc2c(c3cccc(F)c3n2COCc2ccccc2)C1=O. The minimum Gasteiger partial charge on any atom is -0.356 e. The fourth-order valence-electron chi connectivity index (χ4n) is 4.27. The molecule has 1 aliphatic rings. The van der Waals surface area contributed by atoms with Crippen LogP contribution >= 0.6 is 0 Å². The molecule has 1 aliphatic heterocycles. The molecule has 0 unspecified atom stereocenters. The third-order valence-electron chi connectivity index (χ3n) is 5.87. The van der Waals surface area contributed by atoms with Crippen molar-refractivity contribution in [3.05, 3.63) is 88.9 Å². The minimum atomic E-state index is -0.349. The molecule has 0 spiro atoms. The zero-order chi connectivity index (χ0) is 21.4. The van der Waals surface area contributed by atoms with E-state index in [0.29, 0.717) is 42.6 Å². The molecule has 0 aliphatic carbocycles. The molecular formula is C24H23FN4O2. The molecule has 4 aromatic rings. The standard InChI is InChI=1S/C24H23FN4O2/c1-16-20(27-14-26-16)12-28-11-10-21-22(24(28)30)18-8-5-9-19(25)23(18)29(21)15-31-13-17-6-3-2-4-7-17/h2-9,14H,10-13,15H2,1H3,(H,26,27). The molecule has 7 heteroatoms. The highest BCUT2D eigenvalue weighted by molar-refractivity contribution is 6.09. The van der Waals surface area contributed by atoms with E-state index in [2.05, 4.69) is 9.97 Å². The van der Waals surface area contributed by atoms with Crippen LogP contribution < -0.4 is 0 Å². The van der Waals surface area contributed by atoms with Gasteiger partial charge in [0.1, 0.15) is 12.5 Å². The Morgan fingerprint density at radius 1 is 1.16 bits per heavy atom. The van der Waals surface area contributed by atoms with Crippen LogP contribution in [0.15, 0.2) is 54.9 Å². The number of aromatic amines is 1. The average Bonchev–Trinajstić information content (AvgIpc) is 3.33. The summed E-state index contributed by atoms with van der Waals surface area (Å²) >= 11 is 0. The molecule has 0 saturated carbocycles. The minimum absolute atomic E-state index is 0.0962. The van der Waals surface area contributed by atoms with Crippen LogP contribution in [-0.2, 0) is 31.0 Å². The molecule has 2 aromatic heterocycles. The molecule has 1 amide bonds. The van der Waals surface area contributed by atoms with Gasteiger partial charge in [-0.1, -0.05) is 42.5 Å². The van der Waals surface area contributed by atoms with Crippen molar-refractivity contribution in [2.75, 3.05) is 6.54 Å². The van der Waals surface area contributed by atoms with E-state index in [0.717, 1.165) is 22.6 Å². The van der Waals surface area contributed by atoms with Crippen molar-refractivity contribution in [2.24, 2.45) is 0 Å². The Labute approximate surface area is 179 Å². The summed E-state index contributed by atoms with van der Waals surface area (Å²) in [7, 11) is 0. The lowest BCUT2D eigenvalue weighted by Gasteiger charge is -2.27. The van der Waals surface area contributed by atoms with Crippen molar-refractivity contribution in [3.63, 3.8) is 0 Å². The van der Waals surface area contributed by atoms with E-state index in [1.54, 1.807) is 17.3 Å². The summed E-state index contributed by atoms with van der Waals surface area (Å²) in [6, 6.07) is 14.7. The van der Waals surface area contributed by atoms with E-state index in [-0.39, 0.29) is 18.5 Å². The summed E-state index contributed by atoms with van der Waals surface area (Å²) in [5.41, 5.74) is 4.65. The highest BCUT2D eigenvalue weighted by Gasteiger charge is 2.32. The van der Waals surface area contributed by atoms with Gasteiger partial charge in [-0.05, 0) is 18.6 Å². The number of halogens is 1. The summed E-state index contributed by atoms with van der Waals surface area (Å²) in [5.74, 6) is -0.446. The van der Waals surface area contributed by atoms with Gasteiger partial charge >= 0.3 is 0 Å². The molecule has 31 heavy (non-hydrogen) atoms. The fourth-order valence-corrected chi connectivity index (χ4v) is 4.27. The van der Waals surface area contributed by atoms with Crippen LogP contribution in [0, 0.1) is 12.7 Å². The molecule has 6 nitrogen and oxygen atoms in total. The normalized spacial score (nSPS) is 13.7. The van der Waals surface area contributed by atoms with Crippen LogP contribution in [0.25, 0.3) is 10.9 Å². The van der Waals surface area contributed by atoms with Gasteiger partial charge in [0.15, 0.2) is 0 Å². The summed E-state index contributed by atoms with van der Waals surface area (Å²) in [4.78, 5) is 22.5. The van der Waals surface area contributed by atoms with Gasteiger partial charge in [0, 0.05) is 29.7 Å². The number of rotatable bonds is 6. The number of para-hydroxylation sites is 1. The summed E-state index contributed by atoms with van der Waals surface area (Å²) in [6.07, 6.45) is 2.27. The van der Waals surface area contributed by atoms with Gasteiger partial charge in [0.2, 0.25) is 0 Å². The zero-order valence-corrected chi connectivity index (χ0v) is 17.3. The molecule has 0 atom stereocenters. The quantitative estimate of drug-likeness (QED) is 0.511. The van der Waals surface area contributed by atoms with Crippen LogP contribution in [0.2, 0.25) is 0 Å². The van der Waals surface area contributed by atoms with Gasteiger partial charge in [-0.3, -0.25) is 4.79 Å². The molecule has 1 N–H and O–H groups in total. The number of ether oxygens (including phenoxy) is 1. The van der Waals surface area contributed by atoms with Gasteiger partial charge < -0.3 is 19.2 Å². The number of carbonyl (C=O) groups is 1. The topological polar surface area (TPSA) is 63.1 Å². The first-order chi connectivity index (χ1) is 15.1. The van der Waals surface area contributed by atoms with Crippen LogP contribution in [-0.4, -0.2) is 31.9 Å². The Kier molecular flexibility index (Phi) is 5.03. The van der Waals surface area contributed by atoms with E-state index in [9.17, 15) is 9.18 Å². The van der Waals surface area contributed by atoms with Crippen molar-refractivity contribution >= 4 is 16.8 Å². The molecule has 5 rings (SSSR count). The van der Waals surface area contributed by atoms with E-state index in [1.807, 2.05) is 47.9 Å².